The average molecular weight is 345 g/mol. The van der Waals surface area contributed by atoms with Gasteiger partial charge >= 0.3 is 18.0 Å². The van der Waals surface area contributed by atoms with E-state index in [1.54, 1.807) is 27.7 Å². The fourth-order valence-electron chi connectivity index (χ4n) is 1.67. The van der Waals surface area contributed by atoms with Crippen LogP contribution in [0.15, 0.2) is 0 Å². The summed E-state index contributed by atoms with van der Waals surface area (Å²) in [5.41, 5.74) is -0.678. The van der Waals surface area contributed by atoms with Crippen LogP contribution in [0.2, 0.25) is 0 Å². The van der Waals surface area contributed by atoms with Crippen molar-refractivity contribution in [3.63, 3.8) is 0 Å². The van der Waals surface area contributed by atoms with Gasteiger partial charge in [-0.05, 0) is 47.5 Å². The first-order chi connectivity index (χ1) is 11.0. The van der Waals surface area contributed by atoms with Crippen molar-refractivity contribution in [1.82, 2.24) is 5.32 Å². The third kappa shape index (κ3) is 11.4. The molecule has 0 radical (unpaired) electrons. The van der Waals surface area contributed by atoms with Crippen LogP contribution in [0.25, 0.3) is 0 Å². The average Bonchev–Trinajstić information content (AvgIpc) is 2.42. The Labute approximate surface area is 142 Å². The summed E-state index contributed by atoms with van der Waals surface area (Å²) in [6.07, 6.45) is -0.985. The first-order valence-corrected chi connectivity index (χ1v) is 7.87. The highest BCUT2D eigenvalue weighted by Crippen LogP contribution is 2.08. The lowest BCUT2D eigenvalue weighted by Crippen LogP contribution is -2.37. The molecule has 1 atom stereocenters. The number of amides is 1. The summed E-state index contributed by atoms with van der Waals surface area (Å²) >= 11 is 0. The Morgan fingerprint density at radius 3 is 2.21 bits per heavy atom. The van der Waals surface area contributed by atoms with Crippen LogP contribution < -0.4 is 5.32 Å². The molecule has 0 aromatic rings. The van der Waals surface area contributed by atoms with Gasteiger partial charge in [-0.1, -0.05) is 0 Å². The number of hydrogen-bond acceptors (Lipinski definition) is 7. The predicted molar refractivity (Wildman–Crippen MR) is 85.3 cm³/mol. The van der Waals surface area contributed by atoms with Crippen molar-refractivity contribution in [2.24, 2.45) is 0 Å². The van der Waals surface area contributed by atoms with Crippen molar-refractivity contribution in [3.05, 3.63) is 0 Å². The maximum absolute atomic E-state index is 11.7. The molecule has 1 N–H and O–H groups in total. The molecule has 138 valence electrons. The van der Waals surface area contributed by atoms with Crippen LogP contribution in [0, 0.1) is 0 Å². The van der Waals surface area contributed by atoms with Gasteiger partial charge in [0.25, 0.3) is 0 Å². The highest BCUT2D eigenvalue weighted by atomic mass is 16.6. The topological polar surface area (TPSA) is 108 Å². The van der Waals surface area contributed by atoms with Crippen LogP contribution in [0.3, 0.4) is 0 Å². The van der Waals surface area contributed by atoms with E-state index in [1.165, 1.54) is 6.92 Å². The molecule has 0 aromatic carbocycles. The number of ether oxygens (including phenoxy) is 3. The molecule has 0 spiro atoms. The highest BCUT2D eigenvalue weighted by Gasteiger charge is 2.21. The maximum atomic E-state index is 11.7. The van der Waals surface area contributed by atoms with E-state index in [1.807, 2.05) is 0 Å². The van der Waals surface area contributed by atoms with Gasteiger partial charge in [-0.25, -0.2) is 4.79 Å². The molecule has 0 aromatic heterocycles. The SMILES string of the molecule is CCOC(=O)CCCC(OC(=O)CNC(=O)OC(C)(C)C)C(C)=O. The van der Waals surface area contributed by atoms with Crippen LogP contribution in [-0.4, -0.2) is 48.7 Å². The second-order valence-corrected chi connectivity index (χ2v) is 6.14. The number of nitrogens with one attached hydrogen (secondary N) is 1. The van der Waals surface area contributed by atoms with Crippen LogP contribution in [0.4, 0.5) is 4.79 Å². The molecule has 0 aliphatic rings. The van der Waals surface area contributed by atoms with E-state index < -0.39 is 30.3 Å². The highest BCUT2D eigenvalue weighted by molar-refractivity contribution is 5.85. The zero-order chi connectivity index (χ0) is 18.8. The van der Waals surface area contributed by atoms with Gasteiger partial charge in [0.15, 0.2) is 11.9 Å². The first-order valence-electron chi connectivity index (χ1n) is 7.87. The van der Waals surface area contributed by atoms with Gasteiger partial charge in [-0.2, -0.15) is 0 Å². The number of alkyl carbamates (subject to hydrolysis) is 1. The molecular weight excluding hydrogens is 318 g/mol. The summed E-state index contributed by atoms with van der Waals surface area (Å²) in [5, 5.41) is 2.25. The summed E-state index contributed by atoms with van der Waals surface area (Å²) in [4.78, 5) is 45.9. The van der Waals surface area contributed by atoms with Gasteiger partial charge in [0.2, 0.25) is 0 Å². The summed E-state index contributed by atoms with van der Waals surface area (Å²) in [6, 6.07) is 0. The number of hydrogen-bond donors (Lipinski definition) is 1. The van der Waals surface area contributed by atoms with Crippen molar-refractivity contribution < 1.29 is 33.4 Å². The normalized spacial score (nSPS) is 12.0. The molecule has 0 heterocycles. The van der Waals surface area contributed by atoms with Crippen molar-refractivity contribution in [2.75, 3.05) is 13.2 Å². The van der Waals surface area contributed by atoms with Gasteiger partial charge in [-0.3, -0.25) is 14.4 Å². The van der Waals surface area contributed by atoms with Crippen LogP contribution in [0.5, 0.6) is 0 Å². The second kappa shape index (κ2) is 10.6. The molecule has 0 rings (SSSR count). The van der Waals surface area contributed by atoms with E-state index in [0.29, 0.717) is 13.0 Å². The van der Waals surface area contributed by atoms with Gasteiger partial charge in [0.05, 0.1) is 6.61 Å². The van der Waals surface area contributed by atoms with Crippen molar-refractivity contribution in [1.29, 1.82) is 0 Å². The van der Waals surface area contributed by atoms with E-state index >= 15 is 0 Å². The van der Waals surface area contributed by atoms with Crippen LogP contribution in [-0.2, 0) is 28.6 Å². The molecular formula is C16H27NO7. The molecule has 0 saturated heterocycles. The second-order valence-electron chi connectivity index (χ2n) is 6.14. The molecule has 8 nitrogen and oxygen atoms in total. The van der Waals surface area contributed by atoms with Gasteiger partial charge in [0.1, 0.15) is 12.1 Å². The molecule has 8 heteroatoms. The third-order valence-electron chi connectivity index (χ3n) is 2.66. The number of carbonyl (C=O) groups excluding carboxylic acids is 4. The third-order valence-corrected chi connectivity index (χ3v) is 2.66. The standard InChI is InChI=1S/C16H27NO7/c1-6-22-13(19)9-7-8-12(11(2)18)23-14(20)10-17-15(21)24-16(3,4)5/h12H,6-10H2,1-5H3,(H,17,21). The minimum Gasteiger partial charge on any atom is -0.466 e. The predicted octanol–water partition coefficient (Wildman–Crippen LogP) is 1.75. The molecule has 24 heavy (non-hydrogen) atoms. The minimum atomic E-state index is -0.952. The van der Waals surface area contributed by atoms with Crippen molar-refractivity contribution >= 4 is 23.8 Å². The van der Waals surface area contributed by atoms with E-state index in [-0.39, 0.29) is 24.6 Å². The minimum absolute atomic E-state index is 0.144. The molecule has 1 unspecified atom stereocenters. The lowest BCUT2D eigenvalue weighted by Gasteiger charge is -2.20. The Balaban J connectivity index is 4.22. The Bertz CT molecular complexity index is 454. The zero-order valence-corrected chi connectivity index (χ0v) is 15.0. The molecule has 1 amide bonds. The smallest absolute Gasteiger partial charge is 0.408 e. The fraction of sp³-hybridized carbons (Fsp3) is 0.750. The monoisotopic (exact) mass is 345 g/mol. The Morgan fingerprint density at radius 2 is 1.71 bits per heavy atom. The van der Waals surface area contributed by atoms with Gasteiger partial charge in [0, 0.05) is 6.42 Å². The van der Waals surface area contributed by atoms with Gasteiger partial charge < -0.3 is 19.5 Å². The van der Waals surface area contributed by atoms with E-state index in [2.05, 4.69) is 5.32 Å². The quantitative estimate of drug-likeness (QED) is 0.501. The Hall–Kier alpha value is -2.12. The molecule has 0 aliphatic heterocycles. The Morgan fingerprint density at radius 1 is 1.08 bits per heavy atom. The largest absolute Gasteiger partial charge is 0.466 e. The summed E-state index contributed by atoms with van der Waals surface area (Å²) in [7, 11) is 0. The zero-order valence-electron chi connectivity index (χ0n) is 15.0. The molecule has 0 aliphatic carbocycles. The van der Waals surface area contributed by atoms with E-state index in [4.69, 9.17) is 14.2 Å². The maximum Gasteiger partial charge on any atom is 0.408 e. The van der Waals surface area contributed by atoms with Crippen molar-refractivity contribution in [3.8, 4) is 0 Å². The number of esters is 2. The summed E-state index contributed by atoms with van der Waals surface area (Å²) in [5.74, 6) is -1.45. The number of Topliss-reactive ketones (excluding diaryl/α,β-unsaturated/α-hetero) is 1. The van der Waals surface area contributed by atoms with Crippen molar-refractivity contribution in [2.45, 2.75) is 65.6 Å². The lowest BCUT2D eigenvalue weighted by molar-refractivity contribution is -0.154. The summed E-state index contributed by atoms with van der Waals surface area (Å²) in [6.45, 7) is 7.97. The molecule has 0 fully saturated rings. The van der Waals surface area contributed by atoms with E-state index in [0.717, 1.165) is 0 Å². The summed E-state index contributed by atoms with van der Waals surface area (Å²) < 4.78 is 14.8. The molecule has 0 bridgehead atoms. The number of rotatable bonds is 9. The Kier molecular flexibility index (Phi) is 9.68. The lowest BCUT2D eigenvalue weighted by atomic mass is 10.1. The van der Waals surface area contributed by atoms with E-state index in [9.17, 15) is 19.2 Å². The van der Waals surface area contributed by atoms with Gasteiger partial charge in [-0.15, -0.1) is 0 Å². The van der Waals surface area contributed by atoms with Crippen LogP contribution in [0.1, 0.15) is 53.9 Å². The van der Waals surface area contributed by atoms with Crippen LogP contribution >= 0.6 is 0 Å². The fourth-order valence-corrected chi connectivity index (χ4v) is 1.67. The molecule has 0 saturated carbocycles. The number of carbonyl (C=O) groups is 4. The first kappa shape index (κ1) is 21.9. The number of ketones is 1.